The number of carbonyl (C=O) groups excluding carboxylic acids is 1. The topological polar surface area (TPSA) is 87.2 Å². The van der Waals surface area contributed by atoms with Gasteiger partial charge in [-0.05, 0) is 36.4 Å². The van der Waals surface area contributed by atoms with E-state index in [4.69, 9.17) is 24.4 Å². The monoisotopic (exact) mass is 528 g/mol. The molecule has 3 aliphatic rings. The van der Waals surface area contributed by atoms with Crippen molar-refractivity contribution in [1.82, 2.24) is 24.8 Å². The second kappa shape index (κ2) is 11.6. The van der Waals surface area contributed by atoms with Crippen LogP contribution in [0.15, 0.2) is 42.5 Å². The first kappa shape index (κ1) is 25.7. The quantitative estimate of drug-likeness (QED) is 0.494. The molecule has 3 aromatic rings. The first-order valence-corrected chi connectivity index (χ1v) is 13.7. The van der Waals surface area contributed by atoms with E-state index in [1.807, 2.05) is 35.2 Å². The molecule has 1 amide bonds. The zero-order valence-corrected chi connectivity index (χ0v) is 22.4. The molecule has 6 rings (SSSR count). The van der Waals surface area contributed by atoms with E-state index in [-0.39, 0.29) is 5.91 Å². The summed E-state index contributed by atoms with van der Waals surface area (Å²) in [5.41, 5.74) is 3.59. The fraction of sp³-hybridized carbons (Fsp3) is 0.448. The number of ether oxygens (including phenoxy) is 2. The Balaban J connectivity index is 1.22. The van der Waals surface area contributed by atoms with Gasteiger partial charge in [0.25, 0.3) is 5.91 Å². The van der Waals surface area contributed by atoms with Crippen LogP contribution in [0.25, 0.3) is 22.5 Å². The molecule has 1 radical (unpaired) electrons. The number of anilines is 2. The van der Waals surface area contributed by atoms with Crippen molar-refractivity contribution in [3.8, 4) is 22.5 Å². The van der Waals surface area contributed by atoms with Gasteiger partial charge in [-0.15, -0.1) is 0 Å². The molecule has 10 nitrogen and oxygen atoms in total. The Morgan fingerprint density at radius 2 is 1.23 bits per heavy atom. The van der Waals surface area contributed by atoms with E-state index in [1.54, 1.807) is 0 Å². The van der Waals surface area contributed by atoms with Gasteiger partial charge >= 0.3 is 0 Å². The maximum Gasteiger partial charge on any atom is 0.254 e. The second-order valence-corrected chi connectivity index (χ2v) is 10.1. The lowest BCUT2D eigenvalue weighted by Crippen LogP contribution is -2.47. The average molecular weight is 529 g/mol. The summed E-state index contributed by atoms with van der Waals surface area (Å²) in [4.78, 5) is 35.8. The molecule has 0 spiro atoms. The predicted molar refractivity (Wildman–Crippen MR) is 149 cm³/mol. The minimum atomic E-state index is 0.0481. The molecule has 3 saturated heterocycles. The standard InChI is InChI=1S/C29H34N7O3/c1-33-10-12-34(13-11-33)27(37)25-8-4-23(5-9-25)22-2-6-24(7-3-22)26-30-28(35-14-18-38-19-15-35)32-29(31-26)36-16-20-39-21-17-36/h2-8H,10-21H2,1H3. The van der Waals surface area contributed by atoms with Crippen LogP contribution in [0.4, 0.5) is 11.9 Å². The third kappa shape index (κ3) is 5.88. The predicted octanol–water partition coefficient (Wildman–Crippen LogP) is 2.07. The molecule has 0 aliphatic carbocycles. The van der Waals surface area contributed by atoms with Crippen molar-refractivity contribution < 1.29 is 14.3 Å². The summed E-state index contributed by atoms with van der Waals surface area (Å²) in [5, 5.41) is 0. The molecule has 1 aromatic heterocycles. The number of rotatable bonds is 5. The molecule has 0 unspecified atom stereocenters. The summed E-state index contributed by atoms with van der Waals surface area (Å²) >= 11 is 0. The normalized spacial score (nSPS) is 18.8. The summed E-state index contributed by atoms with van der Waals surface area (Å²) in [6, 6.07) is 17.2. The molecule has 0 atom stereocenters. The van der Waals surface area contributed by atoms with Crippen molar-refractivity contribution in [2.75, 3.05) is 95.6 Å². The molecule has 203 valence electrons. The first-order valence-electron chi connectivity index (χ1n) is 13.7. The highest BCUT2D eigenvalue weighted by Gasteiger charge is 2.22. The number of benzene rings is 2. The van der Waals surface area contributed by atoms with Gasteiger partial charge in [0, 0.05) is 63.5 Å². The fourth-order valence-electron chi connectivity index (χ4n) is 5.02. The van der Waals surface area contributed by atoms with Crippen molar-refractivity contribution in [3.05, 3.63) is 54.1 Å². The largest absolute Gasteiger partial charge is 0.378 e. The average Bonchev–Trinajstić information content (AvgIpc) is 3.02. The van der Waals surface area contributed by atoms with Crippen LogP contribution in [0.1, 0.15) is 10.4 Å². The number of morpholine rings is 2. The van der Waals surface area contributed by atoms with Gasteiger partial charge in [0.2, 0.25) is 11.9 Å². The van der Waals surface area contributed by atoms with Crippen molar-refractivity contribution in [2.45, 2.75) is 0 Å². The molecule has 39 heavy (non-hydrogen) atoms. The summed E-state index contributed by atoms with van der Waals surface area (Å²) in [5.74, 6) is 2.07. The smallest absolute Gasteiger partial charge is 0.254 e. The van der Waals surface area contributed by atoms with Crippen molar-refractivity contribution >= 4 is 17.8 Å². The summed E-state index contributed by atoms with van der Waals surface area (Å²) in [7, 11) is 2.08. The van der Waals surface area contributed by atoms with E-state index in [2.05, 4.69) is 39.9 Å². The number of carbonyl (C=O) groups is 1. The molecular weight excluding hydrogens is 494 g/mol. The first-order chi connectivity index (χ1) is 19.1. The SMILES string of the molecule is CN1CCN(C(=O)c2[c]cc(-c3ccc(-c4nc(N5CCOCC5)nc(N5CCOCC5)n4)cc3)cc2)CC1. The summed E-state index contributed by atoms with van der Waals surface area (Å²) in [6.45, 7) is 9.01. The van der Waals surface area contributed by atoms with Crippen LogP contribution in [0.3, 0.4) is 0 Å². The van der Waals surface area contributed by atoms with Crippen LogP contribution in [0, 0.1) is 6.07 Å². The van der Waals surface area contributed by atoms with Gasteiger partial charge in [0.15, 0.2) is 5.82 Å². The second-order valence-electron chi connectivity index (χ2n) is 10.1. The number of likely N-dealkylation sites (N-methyl/N-ethyl adjacent to an activating group) is 1. The summed E-state index contributed by atoms with van der Waals surface area (Å²) in [6.07, 6.45) is 0. The molecule has 0 saturated carbocycles. The lowest BCUT2D eigenvalue weighted by molar-refractivity contribution is 0.0664. The molecule has 3 fully saturated rings. The van der Waals surface area contributed by atoms with Crippen LogP contribution in [0.2, 0.25) is 0 Å². The number of piperazine rings is 1. The molecule has 0 bridgehead atoms. The highest BCUT2D eigenvalue weighted by atomic mass is 16.5. The zero-order valence-electron chi connectivity index (χ0n) is 22.4. The molecule has 0 N–H and O–H groups in total. The minimum Gasteiger partial charge on any atom is -0.378 e. The third-order valence-corrected chi connectivity index (χ3v) is 7.51. The van der Waals surface area contributed by atoms with Crippen LogP contribution < -0.4 is 9.80 Å². The Morgan fingerprint density at radius 1 is 0.692 bits per heavy atom. The highest BCUT2D eigenvalue weighted by Crippen LogP contribution is 2.26. The Bertz CT molecular complexity index is 1230. The van der Waals surface area contributed by atoms with Gasteiger partial charge in [-0.1, -0.05) is 30.3 Å². The van der Waals surface area contributed by atoms with Crippen LogP contribution in [-0.4, -0.2) is 116 Å². The number of amides is 1. The van der Waals surface area contributed by atoms with Crippen LogP contribution in [-0.2, 0) is 9.47 Å². The lowest BCUT2D eigenvalue weighted by atomic mass is 10.0. The minimum absolute atomic E-state index is 0.0481. The molecule has 4 heterocycles. The highest BCUT2D eigenvalue weighted by molar-refractivity contribution is 5.94. The van der Waals surface area contributed by atoms with Crippen molar-refractivity contribution in [1.29, 1.82) is 0 Å². The lowest BCUT2D eigenvalue weighted by Gasteiger charge is -2.32. The van der Waals surface area contributed by atoms with E-state index in [1.165, 1.54) is 0 Å². The maximum atomic E-state index is 12.9. The van der Waals surface area contributed by atoms with Gasteiger partial charge in [0.05, 0.1) is 26.4 Å². The number of nitrogens with zero attached hydrogens (tertiary/aromatic N) is 7. The van der Waals surface area contributed by atoms with Crippen LogP contribution in [0.5, 0.6) is 0 Å². The molecule has 10 heteroatoms. The Kier molecular flexibility index (Phi) is 7.67. The fourth-order valence-corrected chi connectivity index (χ4v) is 5.02. The van der Waals surface area contributed by atoms with Crippen molar-refractivity contribution in [3.63, 3.8) is 0 Å². The van der Waals surface area contributed by atoms with Crippen LogP contribution >= 0.6 is 0 Å². The number of hydrogen-bond acceptors (Lipinski definition) is 9. The Hall–Kier alpha value is -3.60. The third-order valence-electron chi connectivity index (χ3n) is 7.51. The maximum absolute atomic E-state index is 12.9. The van der Waals surface area contributed by atoms with E-state index >= 15 is 0 Å². The van der Waals surface area contributed by atoms with E-state index < -0.39 is 0 Å². The van der Waals surface area contributed by atoms with Gasteiger partial charge < -0.3 is 29.1 Å². The summed E-state index contributed by atoms with van der Waals surface area (Å²) < 4.78 is 11.1. The number of aromatic nitrogens is 3. The Morgan fingerprint density at radius 3 is 1.77 bits per heavy atom. The number of hydrogen-bond donors (Lipinski definition) is 0. The molecular formula is C29H34N7O3. The Labute approximate surface area is 229 Å². The zero-order chi connectivity index (χ0) is 26.6. The van der Waals surface area contributed by atoms with Crippen molar-refractivity contribution in [2.24, 2.45) is 0 Å². The van der Waals surface area contributed by atoms with E-state index in [0.717, 1.165) is 69.0 Å². The van der Waals surface area contributed by atoms with E-state index in [9.17, 15) is 4.79 Å². The molecule has 2 aromatic carbocycles. The van der Waals surface area contributed by atoms with Gasteiger partial charge in [-0.3, -0.25) is 4.79 Å². The molecule has 3 aliphatic heterocycles. The van der Waals surface area contributed by atoms with Gasteiger partial charge in [-0.2, -0.15) is 15.0 Å². The van der Waals surface area contributed by atoms with Gasteiger partial charge in [-0.25, -0.2) is 0 Å². The van der Waals surface area contributed by atoms with Gasteiger partial charge in [0.1, 0.15) is 0 Å². The van der Waals surface area contributed by atoms with E-state index in [0.29, 0.717) is 49.7 Å².